The Morgan fingerprint density at radius 1 is 1.37 bits per heavy atom. The number of likely N-dealkylation sites (tertiary alicyclic amines) is 1. The molecule has 0 spiro atoms. The average Bonchev–Trinajstić information content (AvgIpc) is 2.78. The SMILES string of the molecule is COC(=O)[C@H](C)CN1CCC[C@@H](Nc2nnc(-c3ccc(OC(F)(F)F)cc3O)c(C)c2CN)C1. The Bertz CT molecular complexity index is 1050. The largest absolute Gasteiger partial charge is 0.573 e. The summed E-state index contributed by atoms with van der Waals surface area (Å²) in [4.78, 5) is 14.0. The highest BCUT2D eigenvalue weighted by Crippen LogP contribution is 2.36. The molecule has 1 aliphatic rings. The summed E-state index contributed by atoms with van der Waals surface area (Å²) in [7, 11) is 1.38. The minimum atomic E-state index is -4.87. The summed E-state index contributed by atoms with van der Waals surface area (Å²) in [5, 5.41) is 22.2. The molecule has 1 saturated heterocycles. The van der Waals surface area contributed by atoms with E-state index in [-0.39, 0.29) is 30.0 Å². The molecule has 3 rings (SSSR count). The molecule has 2 heterocycles. The van der Waals surface area contributed by atoms with Gasteiger partial charge in [0.2, 0.25) is 0 Å². The van der Waals surface area contributed by atoms with Crippen LogP contribution in [-0.2, 0) is 16.1 Å². The fourth-order valence-electron chi connectivity index (χ4n) is 4.28. The van der Waals surface area contributed by atoms with Gasteiger partial charge in [0, 0.05) is 42.9 Å². The van der Waals surface area contributed by atoms with Crippen molar-refractivity contribution in [2.45, 2.75) is 45.6 Å². The van der Waals surface area contributed by atoms with E-state index in [9.17, 15) is 23.1 Å². The molecule has 35 heavy (non-hydrogen) atoms. The van der Waals surface area contributed by atoms with Crippen molar-refractivity contribution in [3.05, 3.63) is 29.3 Å². The number of nitrogens with one attached hydrogen (secondary N) is 1. The van der Waals surface area contributed by atoms with Gasteiger partial charge in [0.25, 0.3) is 0 Å². The van der Waals surface area contributed by atoms with Crippen LogP contribution in [0.4, 0.5) is 19.0 Å². The van der Waals surface area contributed by atoms with Gasteiger partial charge in [-0.05, 0) is 44.0 Å². The van der Waals surface area contributed by atoms with E-state index in [4.69, 9.17) is 10.5 Å². The molecule has 1 fully saturated rings. The number of esters is 1. The van der Waals surface area contributed by atoms with Crippen LogP contribution >= 0.6 is 0 Å². The molecule has 0 aliphatic carbocycles. The van der Waals surface area contributed by atoms with Crippen molar-refractivity contribution in [1.29, 1.82) is 0 Å². The van der Waals surface area contributed by atoms with Gasteiger partial charge < -0.3 is 30.5 Å². The first-order valence-corrected chi connectivity index (χ1v) is 11.2. The Morgan fingerprint density at radius 3 is 2.74 bits per heavy atom. The third kappa shape index (κ3) is 6.73. The number of aromatic nitrogens is 2. The lowest BCUT2D eigenvalue weighted by Crippen LogP contribution is -2.45. The quantitative estimate of drug-likeness (QED) is 0.472. The van der Waals surface area contributed by atoms with Gasteiger partial charge in [-0.2, -0.15) is 0 Å². The van der Waals surface area contributed by atoms with Crippen LogP contribution in [0.1, 0.15) is 30.9 Å². The number of nitrogens with zero attached hydrogens (tertiary/aromatic N) is 3. The number of phenolic OH excluding ortho intramolecular Hbond substituents is 1. The Hall–Kier alpha value is -3.12. The second kappa shape index (κ2) is 11.1. The Balaban J connectivity index is 1.78. The fraction of sp³-hybridized carbons (Fsp3) is 0.522. The van der Waals surface area contributed by atoms with Gasteiger partial charge in [0.1, 0.15) is 17.2 Å². The lowest BCUT2D eigenvalue weighted by atomic mass is 10.0. The van der Waals surface area contributed by atoms with Crippen LogP contribution in [0.2, 0.25) is 0 Å². The fourth-order valence-corrected chi connectivity index (χ4v) is 4.28. The van der Waals surface area contributed by atoms with E-state index in [1.165, 1.54) is 13.2 Å². The third-order valence-electron chi connectivity index (χ3n) is 5.99. The number of carbonyl (C=O) groups is 1. The number of piperidine rings is 1. The van der Waals surface area contributed by atoms with Crippen molar-refractivity contribution >= 4 is 11.8 Å². The molecule has 2 atom stereocenters. The molecule has 0 radical (unpaired) electrons. The van der Waals surface area contributed by atoms with Crippen molar-refractivity contribution in [1.82, 2.24) is 15.1 Å². The van der Waals surface area contributed by atoms with E-state index in [0.717, 1.165) is 31.5 Å². The Kier molecular flexibility index (Phi) is 8.39. The van der Waals surface area contributed by atoms with Crippen molar-refractivity contribution < 1.29 is 32.5 Å². The number of carbonyl (C=O) groups excluding carboxylic acids is 1. The van der Waals surface area contributed by atoms with Crippen LogP contribution < -0.4 is 15.8 Å². The molecular weight excluding hydrogens is 467 g/mol. The number of benzene rings is 1. The smallest absolute Gasteiger partial charge is 0.507 e. The molecule has 1 aromatic heterocycles. The molecule has 9 nitrogen and oxygen atoms in total. The number of nitrogens with two attached hydrogens (primary N) is 1. The molecule has 0 amide bonds. The van der Waals surface area contributed by atoms with Gasteiger partial charge in [-0.3, -0.25) is 4.79 Å². The molecule has 4 N–H and O–H groups in total. The van der Waals surface area contributed by atoms with Gasteiger partial charge in [0.15, 0.2) is 5.82 Å². The zero-order valence-electron chi connectivity index (χ0n) is 19.9. The van der Waals surface area contributed by atoms with Gasteiger partial charge in [-0.25, -0.2) is 0 Å². The lowest BCUT2D eigenvalue weighted by molar-refractivity contribution is -0.274. The minimum absolute atomic E-state index is 0.0608. The number of alkyl halides is 3. The zero-order chi connectivity index (χ0) is 25.8. The van der Waals surface area contributed by atoms with Gasteiger partial charge >= 0.3 is 12.3 Å². The highest BCUT2D eigenvalue weighted by atomic mass is 19.4. The molecule has 1 aliphatic heterocycles. The van der Waals surface area contributed by atoms with Crippen molar-refractivity contribution in [2.75, 3.05) is 32.1 Å². The predicted molar refractivity (Wildman–Crippen MR) is 123 cm³/mol. The van der Waals surface area contributed by atoms with Crippen LogP contribution in [0.25, 0.3) is 11.3 Å². The van der Waals surface area contributed by atoms with Crippen molar-refractivity contribution in [3.8, 4) is 22.8 Å². The van der Waals surface area contributed by atoms with Crippen molar-refractivity contribution in [2.24, 2.45) is 11.7 Å². The van der Waals surface area contributed by atoms with E-state index >= 15 is 0 Å². The number of methoxy groups -OCH3 is 1. The normalized spacial score (nSPS) is 17.6. The van der Waals surface area contributed by atoms with E-state index in [1.807, 2.05) is 6.92 Å². The molecule has 12 heteroatoms. The molecule has 0 unspecified atom stereocenters. The number of anilines is 1. The van der Waals surface area contributed by atoms with Crippen molar-refractivity contribution in [3.63, 3.8) is 0 Å². The number of phenols is 1. The number of hydrogen-bond acceptors (Lipinski definition) is 9. The summed E-state index contributed by atoms with van der Waals surface area (Å²) < 4.78 is 46.1. The first-order valence-electron chi connectivity index (χ1n) is 11.2. The maximum Gasteiger partial charge on any atom is 0.573 e. The topological polar surface area (TPSA) is 123 Å². The summed E-state index contributed by atoms with van der Waals surface area (Å²) >= 11 is 0. The standard InChI is InChI=1S/C23H30F3N5O4/c1-13(22(33)34-3)11-31-8-4-5-15(12-31)28-21-18(10-27)14(2)20(29-30-21)17-7-6-16(9-19(17)32)35-23(24,25)26/h6-7,9,13,15,32H,4-5,8,10-12,27H2,1-3H3,(H,28,30)/t13-,15-/m1/s1. The van der Waals surface area contributed by atoms with Crippen LogP contribution in [-0.4, -0.2) is 65.3 Å². The molecule has 2 aromatic rings. The Labute approximate surface area is 201 Å². The van der Waals surface area contributed by atoms with Crippen LogP contribution in [0, 0.1) is 12.8 Å². The van der Waals surface area contributed by atoms with Gasteiger partial charge in [-0.1, -0.05) is 6.92 Å². The number of rotatable bonds is 8. The van der Waals surface area contributed by atoms with Crippen LogP contribution in [0.15, 0.2) is 18.2 Å². The Morgan fingerprint density at radius 2 is 2.11 bits per heavy atom. The maximum absolute atomic E-state index is 12.5. The average molecular weight is 498 g/mol. The summed E-state index contributed by atoms with van der Waals surface area (Å²) in [6.07, 6.45) is -3.03. The number of hydrogen-bond donors (Lipinski definition) is 3. The minimum Gasteiger partial charge on any atom is -0.507 e. The maximum atomic E-state index is 12.5. The number of aromatic hydroxyl groups is 1. The van der Waals surface area contributed by atoms with E-state index in [1.54, 1.807) is 6.92 Å². The molecule has 0 saturated carbocycles. The summed E-state index contributed by atoms with van der Waals surface area (Å²) in [5.41, 5.74) is 7.86. The van der Waals surface area contributed by atoms with Crippen LogP contribution in [0.5, 0.6) is 11.5 Å². The first-order chi connectivity index (χ1) is 16.5. The second-order valence-corrected chi connectivity index (χ2v) is 8.60. The summed E-state index contributed by atoms with van der Waals surface area (Å²) in [5.74, 6) is -0.928. The number of ether oxygens (including phenoxy) is 2. The molecule has 192 valence electrons. The molecular formula is C23H30F3N5O4. The van der Waals surface area contributed by atoms with E-state index in [0.29, 0.717) is 35.7 Å². The monoisotopic (exact) mass is 497 g/mol. The molecule has 1 aromatic carbocycles. The van der Waals surface area contributed by atoms with Gasteiger partial charge in [0.05, 0.1) is 13.0 Å². The zero-order valence-corrected chi connectivity index (χ0v) is 19.9. The predicted octanol–water partition coefficient (Wildman–Crippen LogP) is 3.20. The third-order valence-corrected chi connectivity index (χ3v) is 5.99. The van der Waals surface area contributed by atoms with E-state index in [2.05, 4.69) is 25.2 Å². The van der Waals surface area contributed by atoms with E-state index < -0.39 is 17.9 Å². The summed E-state index contributed by atoms with van der Waals surface area (Å²) in [6, 6.07) is 3.33. The van der Waals surface area contributed by atoms with Crippen LogP contribution in [0.3, 0.4) is 0 Å². The second-order valence-electron chi connectivity index (χ2n) is 8.60. The lowest BCUT2D eigenvalue weighted by Gasteiger charge is -2.34. The summed E-state index contributed by atoms with van der Waals surface area (Å²) in [6.45, 7) is 5.91. The molecule has 0 bridgehead atoms. The van der Waals surface area contributed by atoms with Gasteiger partial charge in [-0.15, -0.1) is 23.4 Å². The highest BCUT2D eigenvalue weighted by Gasteiger charge is 2.31. The number of halogens is 3. The highest BCUT2D eigenvalue weighted by molar-refractivity contribution is 5.73. The first kappa shape index (κ1) is 26.5.